The Kier molecular flexibility index (Phi) is 7.18. The van der Waals surface area contributed by atoms with Gasteiger partial charge in [0.25, 0.3) is 5.91 Å². The van der Waals surface area contributed by atoms with Crippen molar-refractivity contribution in [1.82, 2.24) is 4.90 Å². The fourth-order valence-corrected chi connectivity index (χ4v) is 6.66. The highest BCUT2D eigenvalue weighted by molar-refractivity contribution is 6.21. The molecule has 9 nitrogen and oxygen atoms in total. The minimum Gasteiger partial charge on any atom is -0.511 e. The van der Waals surface area contributed by atoms with Crippen LogP contribution >= 0.6 is 0 Å². The minimum atomic E-state index is -1.14. The van der Waals surface area contributed by atoms with Gasteiger partial charge < -0.3 is 25.8 Å². The van der Waals surface area contributed by atoms with Gasteiger partial charge in [-0.1, -0.05) is 26.0 Å². The summed E-state index contributed by atoms with van der Waals surface area (Å²) in [6.07, 6.45) is 0.577. The van der Waals surface area contributed by atoms with Crippen LogP contribution in [0.4, 0.5) is 0 Å². The molecule has 1 fully saturated rings. The van der Waals surface area contributed by atoms with Crippen molar-refractivity contribution in [2.24, 2.45) is 23.5 Å². The first-order chi connectivity index (χ1) is 19.1. The maximum Gasteiger partial charge on any atom is 0.255 e. The molecule has 0 aliphatic heterocycles. The van der Waals surface area contributed by atoms with Crippen molar-refractivity contribution in [3.63, 3.8) is 0 Å². The Morgan fingerprint density at radius 3 is 2.42 bits per heavy atom. The van der Waals surface area contributed by atoms with E-state index in [1.807, 2.05) is 12.1 Å². The molecule has 3 aliphatic rings. The number of ketones is 2. The second kappa shape index (κ2) is 10.5. The van der Waals surface area contributed by atoms with Crippen molar-refractivity contribution in [2.75, 3.05) is 20.2 Å². The number of hydrogen-bond donors (Lipinski definition) is 4. The number of nitrogens with two attached hydrogens (primary N) is 1. The fourth-order valence-electron chi connectivity index (χ4n) is 6.66. The summed E-state index contributed by atoms with van der Waals surface area (Å²) in [7, 11) is 1.59. The quantitative estimate of drug-likeness (QED) is 0.383. The Morgan fingerprint density at radius 1 is 1.05 bits per heavy atom. The number of aliphatic hydroxyl groups is 2. The summed E-state index contributed by atoms with van der Waals surface area (Å²) in [5.74, 6) is -4.85. The van der Waals surface area contributed by atoms with Crippen molar-refractivity contribution in [1.29, 1.82) is 0 Å². The van der Waals surface area contributed by atoms with Crippen molar-refractivity contribution in [2.45, 2.75) is 39.7 Å². The summed E-state index contributed by atoms with van der Waals surface area (Å²) in [6, 6.07) is 9.25. The van der Waals surface area contributed by atoms with E-state index >= 15 is 0 Å². The molecule has 3 aliphatic carbocycles. The van der Waals surface area contributed by atoms with E-state index in [-0.39, 0.29) is 29.1 Å². The first-order valence-corrected chi connectivity index (χ1v) is 13.6. The van der Waals surface area contributed by atoms with Gasteiger partial charge in [0.1, 0.15) is 28.6 Å². The van der Waals surface area contributed by atoms with Gasteiger partial charge in [0.05, 0.1) is 18.6 Å². The monoisotopic (exact) mass is 546 g/mol. The van der Waals surface area contributed by atoms with Crippen molar-refractivity contribution in [3.05, 3.63) is 63.9 Å². The molecule has 40 heavy (non-hydrogen) atoms. The van der Waals surface area contributed by atoms with Crippen molar-refractivity contribution >= 4 is 23.2 Å². The molecule has 0 saturated heterocycles. The average molecular weight is 547 g/mol. The van der Waals surface area contributed by atoms with Gasteiger partial charge in [0.2, 0.25) is 0 Å². The largest absolute Gasteiger partial charge is 0.511 e. The summed E-state index contributed by atoms with van der Waals surface area (Å²) in [5.41, 5.74) is 8.35. The Morgan fingerprint density at radius 2 is 1.77 bits per heavy atom. The molecule has 2 aromatic carbocycles. The maximum absolute atomic E-state index is 13.7. The molecule has 3 atom stereocenters. The van der Waals surface area contributed by atoms with E-state index < -0.39 is 46.6 Å². The number of rotatable bonds is 7. The van der Waals surface area contributed by atoms with E-state index in [9.17, 15) is 29.7 Å². The maximum atomic E-state index is 13.7. The molecule has 5 N–H and O–H groups in total. The third-order valence-electron chi connectivity index (χ3n) is 8.63. The second-order valence-electron chi connectivity index (χ2n) is 10.7. The number of amides is 1. The first-order valence-electron chi connectivity index (χ1n) is 13.6. The number of phenolic OH excluding ortho intramolecular Hbond substituents is 1. The van der Waals surface area contributed by atoms with Crippen LogP contribution in [0.2, 0.25) is 0 Å². The number of methoxy groups -OCH3 is 1. The summed E-state index contributed by atoms with van der Waals surface area (Å²) >= 11 is 0. The molecule has 210 valence electrons. The lowest BCUT2D eigenvalue weighted by Crippen LogP contribution is -2.44. The van der Waals surface area contributed by atoms with E-state index in [2.05, 4.69) is 24.8 Å². The number of ether oxygens (including phenoxy) is 1. The number of carbonyl (C=O) groups excluding carboxylic acids is 3. The predicted molar refractivity (Wildman–Crippen MR) is 149 cm³/mol. The van der Waals surface area contributed by atoms with E-state index in [0.29, 0.717) is 24.2 Å². The Balaban J connectivity index is 1.64. The van der Waals surface area contributed by atoms with Gasteiger partial charge in [-0.25, -0.2) is 0 Å². The zero-order valence-corrected chi connectivity index (χ0v) is 22.9. The van der Waals surface area contributed by atoms with E-state index in [1.54, 1.807) is 13.2 Å². The van der Waals surface area contributed by atoms with Gasteiger partial charge in [-0.15, -0.1) is 0 Å². The number of nitrogens with zero attached hydrogens (tertiary/aromatic N) is 1. The van der Waals surface area contributed by atoms with Crippen LogP contribution < -0.4 is 10.5 Å². The van der Waals surface area contributed by atoms with Gasteiger partial charge in [0.15, 0.2) is 11.6 Å². The molecule has 0 aromatic heterocycles. The predicted octanol–water partition coefficient (Wildman–Crippen LogP) is 3.83. The molecule has 2 aromatic rings. The van der Waals surface area contributed by atoms with Crippen LogP contribution in [0.1, 0.15) is 43.4 Å². The van der Waals surface area contributed by atoms with Gasteiger partial charge >= 0.3 is 0 Å². The SMILES string of the molecule is CCN(CC)Cc1ccc(OC)c(-c2ccc(O)c3c2CC2CC4CC(=O)C(C(N)=O)=C(O)C4C(=O)C2=C3O)c1. The van der Waals surface area contributed by atoms with E-state index in [1.165, 1.54) is 6.07 Å². The normalized spacial score (nSPS) is 22.2. The Hall–Kier alpha value is -4.11. The number of hydrogen-bond acceptors (Lipinski definition) is 8. The number of phenols is 1. The molecular weight excluding hydrogens is 512 g/mol. The van der Waals surface area contributed by atoms with Crippen LogP contribution in [0.5, 0.6) is 11.5 Å². The molecule has 1 saturated carbocycles. The van der Waals surface area contributed by atoms with Gasteiger partial charge in [-0.05, 0) is 72.7 Å². The molecule has 0 spiro atoms. The van der Waals surface area contributed by atoms with Crippen LogP contribution in [0.15, 0.2) is 47.2 Å². The third-order valence-corrected chi connectivity index (χ3v) is 8.63. The highest BCUT2D eigenvalue weighted by Gasteiger charge is 2.51. The van der Waals surface area contributed by atoms with Gasteiger partial charge in [-0.2, -0.15) is 0 Å². The molecule has 0 bridgehead atoms. The van der Waals surface area contributed by atoms with Crippen LogP contribution in [0.3, 0.4) is 0 Å². The number of fused-ring (bicyclic) bond motifs is 3. The first kappa shape index (κ1) is 27.5. The second-order valence-corrected chi connectivity index (χ2v) is 10.7. The molecule has 1 amide bonds. The molecule has 3 unspecified atom stereocenters. The zero-order valence-electron chi connectivity index (χ0n) is 22.9. The zero-order chi connectivity index (χ0) is 28.9. The summed E-state index contributed by atoms with van der Waals surface area (Å²) < 4.78 is 5.69. The summed E-state index contributed by atoms with van der Waals surface area (Å²) in [4.78, 5) is 40.4. The molecule has 9 heteroatoms. The fraction of sp³-hybridized carbons (Fsp3) is 0.387. The van der Waals surface area contributed by atoms with Crippen LogP contribution in [-0.4, -0.2) is 57.9 Å². The van der Waals surface area contributed by atoms with E-state index in [0.717, 1.165) is 36.3 Å². The topological polar surface area (TPSA) is 150 Å². The minimum absolute atomic E-state index is 0.0909. The molecule has 5 rings (SSSR count). The standard InChI is InChI=1S/C31H34N2O7/c1-4-33(5-2)14-15-6-9-23(40-3)19(10-15)18-7-8-21(34)26-20(18)12-16-11-17-13-22(35)27(31(32)39)30(38)25(17)28(36)24(16)29(26)37/h6-10,16-17,25,34,37-38H,4-5,11-14H2,1-3H3,(H2,32,39). The third kappa shape index (κ3) is 4.34. The number of Topliss-reactive ketones (excluding diaryl/α,β-unsaturated/α-hetero) is 2. The van der Waals surface area contributed by atoms with Gasteiger partial charge in [0, 0.05) is 24.1 Å². The lowest BCUT2D eigenvalue weighted by molar-refractivity contribution is -0.127. The van der Waals surface area contributed by atoms with Crippen molar-refractivity contribution < 1.29 is 34.4 Å². The summed E-state index contributed by atoms with van der Waals surface area (Å²) in [5, 5.41) is 33.1. The average Bonchev–Trinajstić information content (AvgIpc) is 2.91. The molecule has 0 radical (unpaired) electrons. The number of aliphatic hydroxyl groups excluding tert-OH is 2. The molecular formula is C31H34N2O7. The number of aromatic hydroxyl groups is 1. The lowest BCUT2D eigenvalue weighted by atomic mass is 9.61. The molecule has 0 heterocycles. The Bertz CT molecular complexity index is 1480. The lowest BCUT2D eigenvalue weighted by Gasteiger charge is -2.41. The van der Waals surface area contributed by atoms with Crippen LogP contribution in [0, 0.1) is 17.8 Å². The Labute approximate surface area is 232 Å². The number of allylic oxidation sites excluding steroid dienone is 2. The number of benzene rings is 2. The highest BCUT2D eigenvalue weighted by atomic mass is 16.5. The van der Waals surface area contributed by atoms with Crippen molar-refractivity contribution in [3.8, 4) is 22.6 Å². The highest BCUT2D eigenvalue weighted by Crippen LogP contribution is 2.52. The summed E-state index contributed by atoms with van der Waals surface area (Å²) in [6.45, 7) is 6.77. The van der Waals surface area contributed by atoms with Gasteiger partial charge in [-0.3, -0.25) is 19.3 Å². The smallest absolute Gasteiger partial charge is 0.255 e. The number of primary amides is 1. The van der Waals surface area contributed by atoms with Crippen LogP contribution in [0.25, 0.3) is 16.9 Å². The van der Waals surface area contributed by atoms with E-state index in [4.69, 9.17) is 10.5 Å². The number of carbonyl (C=O) groups is 3. The van der Waals surface area contributed by atoms with Crippen LogP contribution in [-0.2, 0) is 27.3 Å².